The minimum atomic E-state index is -0.279. The molecule has 0 saturated heterocycles. The van der Waals surface area contributed by atoms with Gasteiger partial charge < -0.3 is 10.6 Å². The number of fused-ring (bicyclic) bond motifs is 3. The minimum Gasteiger partial charge on any atom is -0.347 e. The first kappa shape index (κ1) is 21.2. The molecule has 0 aliphatic heterocycles. The fourth-order valence-corrected chi connectivity index (χ4v) is 5.19. The van der Waals surface area contributed by atoms with Gasteiger partial charge in [-0.25, -0.2) is 4.98 Å². The monoisotopic (exact) mass is 438 g/mol. The normalized spacial score (nSPS) is 13.1. The number of para-hydroxylation sites is 1. The zero-order chi connectivity index (χ0) is 21.8. The summed E-state index contributed by atoms with van der Waals surface area (Å²) >= 11 is 1.61. The second-order valence-corrected chi connectivity index (χ2v) is 8.80. The van der Waals surface area contributed by atoms with Crippen LogP contribution < -0.4 is 16.2 Å². The van der Waals surface area contributed by atoms with E-state index < -0.39 is 0 Å². The van der Waals surface area contributed by atoms with Crippen molar-refractivity contribution in [3.63, 3.8) is 0 Å². The lowest BCUT2D eigenvalue weighted by Crippen LogP contribution is -2.34. The Labute approximate surface area is 184 Å². The lowest BCUT2D eigenvalue weighted by atomic mass is 9.97. The number of carbonyl (C=O) groups excluding carboxylic acids is 2. The summed E-state index contributed by atoms with van der Waals surface area (Å²) in [5, 5.41) is 6.17. The van der Waals surface area contributed by atoms with Crippen LogP contribution in [0.5, 0.6) is 0 Å². The summed E-state index contributed by atoms with van der Waals surface area (Å²) in [5.41, 5.74) is 2.87. The summed E-state index contributed by atoms with van der Waals surface area (Å²) < 4.78 is 1.50. The second-order valence-electron chi connectivity index (χ2n) is 7.72. The second kappa shape index (κ2) is 9.43. The maximum Gasteiger partial charge on any atom is 0.262 e. The first-order chi connectivity index (χ1) is 15.1. The summed E-state index contributed by atoms with van der Waals surface area (Å²) in [5.74, 6) is -0.558. The van der Waals surface area contributed by atoms with Crippen molar-refractivity contribution in [2.24, 2.45) is 0 Å². The molecule has 1 aliphatic rings. The van der Waals surface area contributed by atoms with Gasteiger partial charge in [0.15, 0.2) is 0 Å². The highest BCUT2D eigenvalue weighted by Crippen LogP contribution is 2.33. The molecule has 3 aromatic rings. The van der Waals surface area contributed by atoms with E-state index in [1.165, 1.54) is 15.8 Å². The van der Waals surface area contributed by atoms with E-state index >= 15 is 0 Å². The van der Waals surface area contributed by atoms with Gasteiger partial charge in [-0.3, -0.25) is 19.0 Å². The SMILES string of the molecule is CCc1ccccc1NC(=O)CNC(=O)CCn1cnc2sc3c(c2c1=O)CCCC3. The van der Waals surface area contributed by atoms with Gasteiger partial charge in [-0.2, -0.15) is 0 Å². The molecule has 8 heteroatoms. The largest absolute Gasteiger partial charge is 0.347 e. The number of hydrogen-bond acceptors (Lipinski definition) is 5. The number of rotatable bonds is 7. The molecular formula is C23H26N4O3S. The van der Waals surface area contributed by atoms with Gasteiger partial charge in [0.1, 0.15) is 4.83 Å². The van der Waals surface area contributed by atoms with Crippen LogP contribution in [0.2, 0.25) is 0 Å². The number of nitrogens with zero attached hydrogens (tertiary/aromatic N) is 2. The molecular weight excluding hydrogens is 412 g/mol. The van der Waals surface area contributed by atoms with Crippen LogP contribution in [-0.2, 0) is 35.4 Å². The summed E-state index contributed by atoms with van der Waals surface area (Å²) in [4.78, 5) is 43.9. The molecule has 4 rings (SSSR count). The van der Waals surface area contributed by atoms with E-state index in [1.54, 1.807) is 11.3 Å². The minimum absolute atomic E-state index is 0.0777. The Hall–Kier alpha value is -3.00. The molecule has 0 bridgehead atoms. The van der Waals surface area contributed by atoms with Gasteiger partial charge in [-0.15, -0.1) is 11.3 Å². The molecule has 162 valence electrons. The van der Waals surface area contributed by atoms with E-state index in [-0.39, 0.29) is 36.9 Å². The van der Waals surface area contributed by atoms with E-state index in [1.807, 2.05) is 31.2 Å². The molecule has 1 aliphatic carbocycles. The van der Waals surface area contributed by atoms with Gasteiger partial charge in [0, 0.05) is 23.5 Å². The highest BCUT2D eigenvalue weighted by Gasteiger charge is 2.20. The van der Waals surface area contributed by atoms with E-state index in [0.717, 1.165) is 59.1 Å². The maximum absolute atomic E-state index is 12.9. The number of benzene rings is 1. The number of thiophene rings is 1. The van der Waals surface area contributed by atoms with Gasteiger partial charge in [0.25, 0.3) is 5.56 Å². The lowest BCUT2D eigenvalue weighted by molar-refractivity contribution is -0.124. The molecule has 2 aromatic heterocycles. The van der Waals surface area contributed by atoms with Crippen molar-refractivity contribution in [3.05, 3.63) is 57.0 Å². The van der Waals surface area contributed by atoms with Crippen LogP contribution in [0.15, 0.2) is 35.4 Å². The molecule has 0 fully saturated rings. The molecule has 2 heterocycles. The number of hydrogen-bond donors (Lipinski definition) is 2. The van der Waals surface area contributed by atoms with Crippen LogP contribution in [0.4, 0.5) is 5.69 Å². The first-order valence-corrected chi connectivity index (χ1v) is 11.5. The van der Waals surface area contributed by atoms with E-state index in [9.17, 15) is 14.4 Å². The zero-order valence-electron chi connectivity index (χ0n) is 17.6. The predicted octanol–water partition coefficient (Wildman–Crippen LogP) is 3.04. The third-order valence-electron chi connectivity index (χ3n) is 5.64. The third-order valence-corrected chi connectivity index (χ3v) is 6.84. The highest BCUT2D eigenvalue weighted by molar-refractivity contribution is 7.18. The van der Waals surface area contributed by atoms with Gasteiger partial charge in [0.2, 0.25) is 11.8 Å². The molecule has 0 unspecified atom stereocenters. The van der Waals surface area contributed by atoms with Gasteiger partial charge in [-0.05, 0) is 49.3 Å². The van der Waals surface area contributed by atoms with Gasteiger partial charge >= 0.3 is 0 Å². The molecule has 0 atom stereocenters. The lowest BCUT2D eigenvalue weighted by Gasteiger charge is -2.11. The fraction of sp³-hybridized carbons (Fsp3) is 0.391. The number of anilines is 1. The van der Waals surface area contributed by atoms with Crippen LogP contribution in [0.25, 0.3) is 10.2 Å². The summed E-state index contributed by atoms with van der Waals surface area (Å²) in [6, 6.07) is 7.59. The average molecular weight is 439 g/mol. The molecule has 1 aromatic carbocycles. The third kappa shape index (κ3) is 4.69. The van der Waals surface area contributed by atoms with Crippen LogP contribution in [0, 0.1) is 0 Å². The number of aryl methyl sites for hydroxylation is 4. The van der Waals surface area contributed by atoms with Crippen LogP contribution in [0.3, 0.4) is 0 Å². The van der Waals surface area contributed by atoms with Crippen molar-refractivity contribution in [2.45, 2.75) is 52.0 Å². The van der Waals surface area contributed by atoms with Crippen LogP contribution in [0.1, 0.15) is 42.2 Å². The first-order valence-electron chi connectivity index (χ1n) is 10.7. The molecule has 0 radical (unpaired) electrons. The van der Waals surface area contributed by atoms with Gasteiger partial charge in [-0.1, -0.05) is 25.1 Å². The van der Waals surface area contributed by atoms with Crippen molar-refractivity contribution in [2.75, 3.05) is 11.9 Å². The quantitative estimate of drug-likeness (QED) is 0.593. The molecule has 0 spiro atoms. The number of aromatic nitrogens is 2. The predicted molar refractivity (Wildman–Crippen MR) is 123 cm³/mol. The Morgan fingerprint density at radius 3 is 2.81 bits per heavy atom. The molecule has 2 amide bonds. The van der Waals surface area contributed by atoms with E-state index in [0.29, 0.717) is 0 Å². The van der Waals surface area contributed by atoms with Crippen molar-refractivity contribution in [3.8, 4) is 0 Å². The Morgan fingerprint density at radius 2 is 1.97 bits per heavy atom. The van der Waals surface area contributed by atoms with Crippen LogP contribution >= 0.6 is 11.3 Å². The number of amides is 2. The maximum atomic E-state index is 12.9. The van der Waals surface area contributed by atoms with Crippen molar-refractivity contribution < 1.29 is 9.59 Å². The molecule has 7 nitrogen and oxygen atoms in total. The smallest absolute Gasteiger partial charge is 0.262 e. The highest BCUT2D eigenvalue weighted by atomic mass is 32.1. The van der Waals surface area contributed by atoms with Crippen LogP contribution in [-0.4, -0.2) is 27.9 Å². The number of carbonyl (C=O) groups is 2. The summed E-state index contributed by atoms with van der Waals surface area (Å²) in [6.07, 6.45) is 6.64. The standard InChI is InChI=1S/C23H26N4O3S/c1-2-15-7-3-5-9-17(15)26-20(29)13-24-19(28)11-12-27-14-25-22-21(23(27)30)16-8-4-6-10-18(16)31-22/h3,5,7,9,14H,2,4,6,8,10-13H2,1H3,(H,24,28)(H,26,29). The number of nitrogens with one attached hydrogen (secondary N) is 2. The van der Waals surface area contributed by atoms with Crippen molar-refractivity contribution in [1.29, 1.82) is 0 Å². The topological polar surface area (TPSA) is 93.1 Å². The van der Waals surface area contributed by atoms with Crippen molar-refractivity contribution in [1.82, 2.24) is 14.9 Å². The molecule has 31 heavy (non-hydrogen) atoms. The summed E-state index contributed by atoms with van der Waals surface area (Å²) in [6.45, 7) is 2.15. The Balaban J connectivity index is 1.33. The molecule has 2 N–H and O–H groups in total. The Bertz CT molecular complexity index is 1180. The van der Waals surface area contributed by atoms with E-state index in [2.05, 4.69) is 15.6 Å². The Kier molecular flexibility index (Phi) is 6.46. The fourth-order valence-electron chi connectivity index (χ4n) is 3.97. The molecule has 0 saturated carbocycles. The van der Waals surface area contributed by atoms with E-state index in [4.69, 9.17) is 0 Å². The van der Waals surface area contributed by atoms with Crippen molar-refractivity contribution >= 4 is 39.1 Å². The summed E-state index contributed by atoms with van der Waals surface area (Å²) in [7, 11) is 0. The Morgan fingerprint density at radius 1 is 1.16 bits per heavy atom. The zero-order valence-corrected chi connectivity index (χ0v) is 18.4. The van der Waals surface area contributed by atoms with Gasteiger partial charge in [0.05, 0.1) is 18.3 Å². The average Bonchev–Trinajstić information content (AvgIpc) is 3.17.